The van der Waals surface area contributed by atoms with E-state index in [9.17, 15) is 0 Å². The van der Waals surface area contributed by atoms with E-state index in [1.54, 1.807) is 0 Å². The number of hydrogen-bond acceptors (Lipinski definition) is 2. The van der Waals surface area contributed by atoms with Gasteiger partial charge in [-0.25, -0.2) is 0 Å². The van der Waals surface area contributed by atoms with Crippen LogP contribution in [0.4, 0.5) is 0 Å². The highest BCUT2D eigenvalue weighted by Gasteiger charge is 2.18. The summed E-state index contributed by atoms with van der Waals surface area (Å²) in [5.74, 6) is 0. The lowest BCUT2D eigenvalue weighted by molar-refractivity contribution is 0.531. The maximum Gasteiger partial charge on any atom is 0.0662 e. The normalized spacial score (nSPS) is 12.6. The number of aromatic nitrogens is 2. The van der Waals surface area contributed by atoms with Gasteiger partial charge in [0.2, 0.25) is 0 Å². The number of rotatable bonds is 6. The van der Waals surface area contributed by atoms with Gasteiger partial charge in [-0.3, -0.25) is 4.68 Å². The summed E-state index contributed by atoms with van der Waals surface area (Å²) in [5.41, 5.74) is 5.08. The van der Waals surface area contributed by atoms with Gasteiger partial charge in [0.05, 0.1) is 12.2 Å². The van der Waals surface area contributed by atoms with Crippen LogP contribution < -0.4 is 5.32 Å². The molecule has 0 aliphatic rings. The van der Waals surface area contributed by atoms with Crippen molar-refractivity contribution in [3.63, 3.8) is 0 Å². The molecule has 2 rings (SSSR count). The van der Waals surface area contributed by atoms with Crippen LogP contribution in [0.15, 0.2) is 24.3 Å². The van der Waals surface area contributed by atoms with E-state index in [-0.39, 0.29) is 0 Å². The van der Waals surface area contributed by atoms with Crippen molar-refractivity contribution in [3.05, 3.63) is 50.4 Å². The van der Waals surface area contributed by atoms with Gasteiger partial charge >= 0.3 is 0 Å². The fraction of sp³-hybridized carbons (Fsp3) is 0.471. The molecule has 1 aromatic heterocycles. The first kappa shape index (κ1) is 16.5. The van der Waals surface area contributed by atoms with Crippen molar-refractivity contribution in [1.29, 1.82) is 0 Å². The van der Waals surface area contributed by atoms with E-state index in [0.717, 1.165) is 25.2 Å². The molecule has 0 fully saturated rings. The monoisotopic (exact) mass is 397 g/mol. The highest BCUT2D eigenvalue weighted by molar-refractivity contribution is 14.1. The van der Waals surface area contributed by atoms with Crippen LogP contribution in [-0.4, -0.2) is 16.3 Å². The summed E-state index contributed by atoms with van der Waals surface area (Å²) in [4.78, 5) is 0. The van der Waals surface area contributed by atoms with Crippen LogP contribution in [0.2, 0.25) is 0 Å². The Morgan fingerprint density at radius 2 is 1.86 bits per heavy atom. The SMILES string of the molecule is CCNC(CC)c1c(C)nn(Cc2ccc(I)cc2)c1C. The summed E-state index contributed by atoms with van der Waals surface area (Å²) < 4.78 is 3.40. The Labute approximate surface area is 141 Å². The zero-order valence-electron chi connectivity index (χ0n) is 13.3. The highest BCUT2D eigenvalue weighted by Crippen LogP contribution is 2.24. The lowest BCUT2D eigenvalue weighted by atomic mass is 10.0. The lowest BCUT2D eigenvalue weighted by Gasteiger charge is -2.16. The second-order valence-corrected chi connectivity index (χ2v) is 6.63. The molecular weight excluding hydrogens is 373 g/mol. The smallest absolute Gasteiger partial charge is 0.0662 e. The van der Waals surface area contributed by atoms with E-state index in [4.69, 9.17) is 5.10 Å². The third-order valence-corrected chi connectivity index (χ3v) is 4.61. The van der Waals surface area contributed by atoms with Gasteiger partial charge in [-0.2, -0.15) is 5.10 Å². The van der Waals surface area contributed by atoms with Crippen LogP contribution in [0, 0.1) is 17.4 Å². The molecule has 1 aromatic carbocycles. The zero-order valence-corrected chi connectivity index (χ0v) is 15.4. The molecule has 3 nitrogen and oxygen atoms in total. The number of halogens is 1. The Morgan fingerprint density at radius 1 is 1.19 bits per heavy atom. The lowest BCUT2D eigenvalue weighted by Crippen LogP contribution is -2.21. The Kier molecular flexibility index (Phi) is 5.81. The minimum Gasteiger partial charge on any atom is -0.310 e. The first-order valence-electron chi connectivity index (χ1n) is 7.58. The minimum absolute atomic E-state index is 0.403. The average molecular weight is 397 g/mol. The van der Waals surface area contributed by atoms with E-state index in [1.165, 1.54) is 20.4 Å². The van der Waals surface area contributed by atoms with E-state index >= 15 is 0 Å². The Morgan fingerprint density at radius 3 is 2.43 bits per heavy atom. The fourth-order valence-electron chi connectivity index (χ4n) is 2.83. The van der Waals surface area contributed by atoms with Gasteiger partial charge in [0.25, 0.3) is 0 Å². The molecule has 1 atom stereocenters. The molecule has 1 unspecified atom stereocenters. The third-order valence-electron chi connectivity index (χ3n) is 3.89. The first-order chi connectivity index (χ1) is 10.1. The molecule has 1 heterocycles. The van der Waals surface area contributed by atoms with Crippen LogP contribution in [-0.2, 0) is 6.54 Å². The zero-order chi connectivity index (χ0) is 15.4. The molecule has 2 aromatic rings. The van der Waals surface area contributed by atoms with Crippen molar-refractivity contribution in [2.75, 3.05) is 6.54 Å². The van der Waals surface area contributed by atoms with Gasteiger partial charge < -0.3 is 5.32 Å². The van der Waals surface area contributed by atoms with E-state index < -0.39 is 0 Å². The van der Waals surface area contributed by atoms with E-state index in [2.05, 4.69) is 84.5 Å². The average Bonchev–Trinajstić information content (AvgIpc) is 2.74. The van der Waals surface area contributed by atoms with Crippen molar-refractivity contribution >= 4 is 22.6 Å². The number of nitrogens with one attached hydrogen (secondary N) is 1. The molecule has 21 heavy (non-hydrogen) atoms. The van der Waals surface area contributed by atoms with Crippen molar-refractivity contribution in [2.24, 2.45) is 0 Å². The number of benzene rings is 1. The van der Waals surface area contributed by atoms with Crippen LogP contribution in [0.1, 0.15) is 48.8 Å². The number of hydrogen-bond donors (Lipinski definition) is 1. The van der Waals surface area contributed by atoms with Crippen LogP contribution in [0.25, 0.3) is 0 Å². The molecule has 114 valence electrons. The summed E-state index contributed by atoms with van der Waals surface area (Å²) in [6, 6.07) is 9.06. The van der Waals surface area contributed by atoms with Gasteiger partial charge in [-0.05, 0) is 67.1 Å². The van der Waals surface area contributed by atoms with Crippen molar-refractivity contribution in [2.45, 2.75) is 46.7 Å². The van der Waals surface area contributed by atoms with Gasteiger partial charge in [0, 0.05) is 20.9 Å². The molecular formula is C17H24IN3. The van der Waals surface area contributed by atoms with Gasteiger partial charge in [-0.1, -0.05) is 26.0 Å². The van der Waals surface area contributed by atoms with Gasteiger partial charge in [0.15, 0.2) is 0 Å². The summed E-state index contributed by atoms with van der Waals surface area (Å²) in [6.07, 6.45) is 1.09. The summed E-state index contributed by atoms with van der Waals surface area (Å²) in [6.45, 7) is 10.5. The first-order valence-corrected chi connectivity index (χ1v) is 8.66. The molecule has 0 saturated carbocycles. The summed E-state index contributed by atoms with van der Waals surface area (Å²) >= 11 is 2.34. The van der Waals surface area contributed by atoms with Crippen molar-refractivity contribution < 1.29 is 0 Å². The molecule has 1 N–H and O–H groups in total. The predicted molar refractivity (Wildman–Crippen MR) is 96.7 cm³/mol. The topological polar surface area (TPSA) is 29.9 Å². The van der Waals surface area contributed by atoms with E-state index in [0.29, 0.717) is 6.04 Å². The van der Waals surface area contributed by atoms with Crippen LogP contribution in [0.5, 0.6) is 0 Å². The van der Waals surface area contributed by atoms with Crippen molar-refractivity contribution in [1.82, 2.24) is 15.1 Å². The van der Waals surface area contributed by atoms with Gasteiger partial charge in [0.1, 0.15) is 0 Å². The fourth-order valence-corrected chi connectivity index (χ4v) is 3.19. The Bertz CT molecular complexity index is 587. The summed E-state index contributed by atoms with van der Waals surface area (Å²) in [5, 5.41) is 8.31. The highest BCUT2D eigenvalue weighted by atomic mass is 127. The molecule has 4 heteroatoms. The molecule has 0 saturated heterocycles. The predicted octanol–water partition coefficient (Wildman–Crippen LogP) is 4.21. The Hall–Kier alpha value is -0.880. The Balaban J connectivity index is 2.27. The second-order valence-electron chi connectivity index (χ2n) is 5.39. The summed E-state index contributed by atoms with van der Waals surface area (Å²) in [7, 11) is 0. The van der Waals surface area contributed by atoms with Crippen LogP contribution in [0.3, 0.4) is 0 Å². The third kappa shape index (κ3) is 3.86. The quantitative estimate of drug-likeness (QED) is 0.740. The maximum absolute atomic E-state index is 4.75. The number of nitrogens with zero attached hydrogens (tertiary/aromatic N) is 2. The van der Waals surface area contributed by atoms with Crippen LogP contribution >= 0.6 is 22.6 Å². The largest absolute Gasteiger partial charge is 0.310 e. The molecule has 0 amide bonds. The molecule has 0 aliphatic carbocycles. The molecule has 0 spiro atoms. The molecule has 0 bridgehead atoms. The van der Waals surface area contributed by atoms with E-state index in [1.807, 2.05) is 0 Å². The minimum atomic E-state index is 0.403. The standard InChI is InChI=1S/C17H24IN3/c1-5-16(19-6-2)17-12(3)20-21(13(17)4)11-14-7-9-15(18)10-8-14/h7-10,16,19H,5-6,11H2,1-4H3. The van der Waals surface area contributed by atoms with Crippen molar-refractivity contribution in [3.8, 4) is 0 Å². The maximum atomic E-state index is 4.75. The van der Waals surface area contributed by atoms with Gasteiger partial charge in [-0.15, -0.1) is 0 Å². The molecule has 0 aliphatic heterocycles. The second kappa shape index (κ2) is 7.40. The molecule has 0 radical (unpaired) electrons. The number of aryl methyl sites for hydroxylation is 1.